The second kappa shape index (κ2) is 10.6. The Hall–Kier alpha value is -3.58. The van der Waals surface area contributed by atoms with Crippen LogP contribution < -0.4 is 9.64 Å². The van der Waals surface area contributed by atoms with Crippen molar-refractivity contribution in [2.45, 2.75) is 25.9 Å². The normalized spacial score (nSPS) is 10.8. The van der Waals surface area contributed by atoms with Crippen LogP contribution >= 0.6 is 11.8 Å². The molecule has 0 aliphatic rings. The molecule has 3 aromatic carbocycles. The number of ether oxygens (including phenoxy) is 1. The molecule has 0 radical (unpaired) electrons. The Bertz CT molecular complexity index is 1280. The molecule has 0 aliphatic carbocycles. The highest BCUT2D eigenvalue weighted by Gasteiger charge is 2.21. The number of aryl methyl sites for hydroxylation is 2. The maximum atomic E-state index is 13.2. The summed E-state index contributed by atoms with van der Waals surface area (Å²) < 4.78 is 7.56. The van der Waals surface area contributed by atoms with Crippen molar-refractivity contribution in [2.24, 2.45) is 0 Å². The minimum atomic E-state index is 0.0269. The Balaban J connectivity index is 1.68. The van der Waals surface area contributed by atoms with E-state index in [-0.39, 0.29) is 11.7 Å². The Morgan fingerprint density at radius 3 is 2.38 bits per heavy atom. The molecule has 0 saturated carbocycles. The molecule has 0 unspecified atom stereocenters. The lowest BCUT2D eigenvalue weighted by atomic mass is 10.1. The minimum absolute atomic E-state index is 0.0269. The van der Waals surface area contributed by atoms with Gasteiger partial charge in [-0.1, -0.05) is 59.8 Å². The number of carbonyl (C=O) groups excluding carboxylic acids is 1. The van der Waals surface area contributed by atoms with E-state index in [9.17, 15) is 4.79 Å². The lowest BCUT2D eigenvalue weighted by Gasteiger charge is -2.22. The third kappa shape index (κ3) is 4.84. The molecule has 0 aliphatic heterocycles. The fraction of sp³-hybridized carbons (Fsp3) is 0.222. The molecular weight excluding hydrogens is 444 g/mol. The van der Waals surface area contributed by atoms with E-state index in [0.29, 0.717) is 23.3 Å². The van der Waals surface area contributed by atoms with Crippen LogP contribution in [0.2, 0.25) is 0 Å². The molecule has 7 heteroatoms. The van der Waals surface area contributed by atoms with E-state index >= 15 is 0 Å². The summed E-state index contributed by atoms with van der Waals surface area (Å²) in [7, 11) is 1.64. The summed E-state index contributed by atoms with van der Waals surface area (Å²) in [6.45, 7) is 6.66. The number of hydrogen-bond acceptors (Lipinski definition) is 5. The second-order valence-corrected chi connectivity index (χ2v) is 8.83. The molecule has 4 aromatic rings. The van der Waals surface area contributed by atoms with Crippen molar-refractivity contribution < 1.29 is 9.53 Å². The topological polar surface area (TPSA) is 60.3 Å². The summed E-state index contributed by atoms with van der Waals surface area (Å²) in [4.78, 5) is 15.0. The number of amides is 1. The molecule has 0 bridgehead atoms. The van der Waals surface area contributed by atoms with Gasteiger partial charge in [-0.05, 0) is 56.7 Å². The highest BCUT2D eigenvalue weighted by atomic mass is 32.2. The van der Waals surface area contributed by atoms with Crippen LogP contribution in [-0.4, -0.2) is 40.1 Å². The van der Waals surface area contributed by atoms with Crippen molar-refractivity contribution >= 4 is 23.4 Å². The van der Waals surface area contributed by atoms with E-state index in [2.05, 4.69) is 29.3 Å². The number of nitrogens with zero attached hydrogens (tertiary/aromatic N) is 4. The molecule has 0 N–H and O–H groups in total. The minimum Gasteiger partial charge on any atom is -0.496 e. The number of anilines is 1. The van der Waals surface area contributed by atoms with Crippen LogP contribution in [0.3, 0.4) is 0 Å². The first-order chi connectivity index (χ1) is 16.5. The van der Waals surface area contributed by atoms with E-state index in [0.717, 1.165) is 28.1 Å². The monoisotopic (exact) mass is 472 g/mol. The Labute approximate surface area is 204 Å². The summed E-state index contributed by atoms with van der Waals surface area (Å²) in [5.74, 6) is 1.66. The molecule has 0 atom stereocenters. The number of carbonyl (C=O) groups is 1. The zero-order chi connectivity index (χ0) is 24.1. The van der Waals surface area contributed by atoms with Crippen LogP contribution in [0.4, 0.5) is 5.69 Å². The number of benzene rings is 3. The van der Waals surface area contributed by atoms with E-state index in [4.69, 9.17) is 4.74 Å². The third-order valence-corrected chi connectivity index (χ3v) is 6.54. The quantitative estimate of drug-likeness (QED) is 0.308. The number of para-hydroxylation sites is 2. The number of aromatic nitrogens is 3. The van der Waals surface area contributed by atoms with Crippen LogP contribution in [-0.2, 0) is 4.79 Å². The first kappa shape index (κ1) is 23.6. The van der Waals surface area contributed by atoms with Crippen LogP contribution in [0.15, 0.2) is 78.0 Å². The SMILES string of the molecule is CCN(C(=O)CSc1nnc(-c2ccccc2OC)n1-c1ccc(C)cc1)c1ccccc1C. The van der Waals surface area contributed by atoms with Crippen molar-refractivity contribution in [1.82, 2.24) is 14.8 Å². The zero-order valence-corrected chi connectivity index (χ0v) is 20.7. The fourth-order valence-corrected chi connectivity index (χ4v) is 4.67. The first-order valence-corrected chi connectivity index (χ1v) is 12.2. The van der Waals surface area contributed by atoms with Gasteiger partial charge in [0, 0.05) is 17.9 Å². The molecular formula is C27H28N4O2S. The van der Waals surface area contributed by atoms with Crippen molar-refractivity contribution in [1.29, 1.82) is 0 Å². The molecule has 0 spiro atoms. The first-order valence-electron chi connectivity index (χ1n) is 11.2. The van der Waals surface area contributed by atoms with Crippen LogP contribution in [0.25, 0.3) is 17.1 Å². The standard InChI is InChI=1S/C27H28N4O2S/c1-5-30(23-12-8-6-10-20(23)3)25(32)18-34-27-29-28-26(22-11-7-9-13-24(22)33-4)31(27)21-16-14-19(2)15-17-21/h6-17H,5,18H2,1-4H3. The summed E-state index contributed by atoms with van der Waals surface area (Å²) in [6.07, 6.45) is 0. The molecule has 0 saturated heterocycles. The van der Waals surface area contributed by atoms with E-state index < -0.39 is 0 Å². The maximum Gasteiger partial charge on any atom is 0.237 e. The lowest BCUT2D eigenvalue weighted by molar-refractivity contribution is -0.116. The summed E-state index contributed by atoms with van der Waals surface area (Å²) in [5, 5.41) is 9.61. The molecule has 174 valence electrons. The Morgan fingerprint density at radius 1 is 0.971 bits per heavy atom. The maximum absolute atomic E-state index is 13.2. The number of thioether (sulfide) groups is 1. The molecule has 6 nitrogen and oxygen atoms in total. The van der Waals surface area contributed by atoms with Gasteiger partial charge in [0.15, 0.2) is 11.0 Å². The summed E-state index contributed by atoms with van der Waals surface area (Å²) >= 11 is 1.38. The fourth-order valence-electron chi connectivity index (χ4n) is 3.85. The molecule has 0 fully saturated rings. The zero-order valence-electron chi connectivity index (χ0n) is 19.9. The van der Waals surface area contributed by atoms with Gasteiger partial charge in [0.2, 0.25) is 5.91 Å². The largest absolute Gasteiger partial charge is 0.496 e. The lowest BCUT2D eigenvalue weighted by Crippen LogP contribution is -2.32. The van der Waals surface area contributed by atoms with Crippen molar-refractivity contribution in [2.75, 3.05) is 24.3 Å². The third-order valence-electron chi connectivity index (χ3n) is 5.62. The van der Waals surface area contributed by atoms with Gasteiger partial charge in [-0.25, -0.2) is 0 Å². The van der Waals surface area contributed by atoms with E-state index in [1.54, 1.807) is 7.11 Å². The molecule has 1 heterocycles. The van der Waals surface area contributed by atoms with Gasteiger partial charge in [0.05, 0.1) is 18.4 Å². The second-order valence-electron chi connectivity index (χ2n) is 7.89. The van der Waals surface area contributed by atoms with Crippen molar-refractivity contribution in [3.8, 4) is 22.8 Å². The molecule has 4 rings (SSSR count). The molecule has 1 aromatic heterocycles. The van der Waals surface area contributed by atoms with Crippen LogP contribution in [0.1, 0.15) is 18.1 Å². The van der Waals surface area contributed by atoms with Crippen LogP contribution in [0, 0.1) is 13.8 Å². The molecule has 1 amide bonds. The van der Waals surface area contributed by atoms with Gasteiger partial charge >= 0.3 is 0 Å². The Kier molecular flexibility index (Phi) is 7.33. The van der Waals surface area contributed by atoms with Gasteiger partial charge in [0.25, 0.3) is 0 Å². The van der Waals surface area contributed by atoms with E-state index in [1.807, 2.05) is 84.0 Å². The highest BCUT2D eigenvalue weighted by molar-refractivity contribution is 7.99. The number of methoxy groups -OCH3 is 1. The summed E-state index contributed by atoms with van der Waals surface area (Å²) in [6, 6.07) is 23.9. The number of rotatable bonds is 8. The predicted molar refractivity (Wildman–Crippen MR) is 138 cm³/mol. The average molecular weight is 473 g/mol. The number of hydrogen-bond donors (Lipinski definition) is 0. The summed E-state index contributed by atoms with van der Waals surface area (Å²) in [5.41, 5.74) is 4.94. The predicted octanol–water partition coefficient (Wildman–Crippen LogP) is 5.70. The molecule has 34 heavy (non-hydrogen) atoms. The Morgan fingerprint density at radius 2 is 1.68 bits per heavy atom. The van der Waals surface area contributed by atoms with Gasteiger partial charge < -0.3 is 9.64 Å². The van der Waals surface area contributed by atoms with Gasteiger partial charge in [-0.2, -0.15) is 0 Å². The van der Waals surface area contributed by atoms with Crippen molar-refractivity contribution in [3.05, 3.63) is 83.9 Å². The van der Waals surface area contributed by atoms with E-state index in [1.165, 1.54) is 11.8 Å². The van der Waals surface area contributed by atoms with Gasteiger partial charge in [0.1, 0.15) is 5.75 Å². The smallest absolute Gasteiger partial charge is 0.237 e. The van der Waals surface area contributed by atoms with Gasteiger partial charge in [-0.3, -0.25) is 9.36 Å². The van der Waals surface area contributed by atoms with Gasteiger partial charge in [-0.15, -0.1) is 10.2 Å². The highest BCUT2D eigenvalue weighted by Crippen LogP contribution is 2.33. The average Bonchev–Trinajstić information content (AvgIpc) is 3.28. The van der Waals surface area contributed by atoms with Crippen LogP contribution in [0.5, 0.6) is 5.75 Å². The van der Waals surface area contributed by atoms with Crippen molar-refractivity contribution in [3.63, 3.8) is 0 Å².